The van der Waals surface area contributed by atoms with Crippen molar-refractivity contribution in [1.29, 1.82) is 0 Å². The van der Waals surface area contributed by atoms with Crippen molar-refractivity contribution in [3.8, 4) is 0 Å². The Bertz CT molecular complexity index is 197. The van der Waals surface area contributed by atoms with Crippen LogP contribution in [0, 0.1) is 0 Å². The molecule has 0 aliphatic carbocycles. The van der Waals surface area contributed by atoms with E-state index < -0.39 is 0 Å². The summed E-state index contributed by atoms with van der Waals surface area (Å²) in [4.78, 5) is 1.93. The second kappa shape index (κ2) is 7.35. The highest BCUT2D eigenvalue weighted by Gasteiger charge is 1.87. The van der Waals surface area contributed by atoms with Crippen molar-refractivity contribution in [2.45, 2.75) is 33.6 Å². The van der Waals surface area contributed by atoms with Crippen LogP contribution in [0.4, 0.5) is 0 Å². The van der Waals surface area contributed by atoms with Crippen molar-refractivity contribution in [2.24, 2.45) is 0 Å². The van der Waals surface area contributed by atoms with Gasteiger partial charge in [0.2, 0.25) is 0 Å². The molecular formula is C11H17Br. The minimum atomic E-state index is 1.17. The zero-order valence-electron chi connectivity index (χ0n) is 8.10. The van der Waals surface area contributed by atoms with E-state index >= 15 is 0 Å². The molecule has 0 bridgehead atoms. The van der Waals surface area contributed by atoms with Crippen molar-refractivity contribution in [3.63, 3.8) is 0 Å². The largest absolute Gasteiger partial charge is 0.0844 e. The van der Waals surface area contributed by atoms with Crippen LogP contribution in [0.25, 0.3) is 0 Å². The summed E-state index contributed by atoms with van der Waals surface area (Å²) in [5.41, 5.74) is 2.65. The fraction of sp³-hybridized carbons (Fsp3) is 0.455. The molecule has 12 heavy (non-hydrogen) atoms. The third-order valence-electron chi connectivity index (χ3n) is 1.64. The molecule has 0 fully saturated rings. The van der Waals surface area contributed by atoms with E-state index in [9.17, 15) is 0 Å². The van der Waals surface area contributed by atoms with Crippen LogP contribution in [0.1, 0.15) is 33.6 Å². The molecule has 68 valence electrons. The van der Waals surface area contributed by atoms with Gasteiger partial charge in [0, 0.05) is 0 Å². The van der Waals surface area contributed by atoms with Gasteiger partial charge in [-0.1, -0.05) is 53.1 Å². The molecular weight excluding hydrogens is 212 g/mol. The van der Waals surface area contributed by atoms with Gasteiger partial charge in [-0.05, 0) is 30.8 Å². The van der Waals surface area contributed by atoms with E-state index in [-0.39, 0.29) is 0 Å². The lowest BCUT2D eigenvalue weighted by molar-refractivity contribution is 0.924. The SMILES string of the molecule is C\C=C(/C=C\C(C)=C\Br)CCC. The van der Waals surface area contributed by atoms with E-state index in [4.69, 9.17) is 0 Å². The van der Waals surface area contributed by atoms with Crippen LogP contribution in [0.3, 0.4) is 0 Å². The highest BCUT2D eigenvalue weighted by atomic mass is 79.9. The summed E-state index contributed by atoms with van der Waals surface area (Å²) in [5.74, 6) is 0. The van der Waals surface area contributed by atoms with Crippen LogP contribution in [0.2, 0.25) is 0 Å². The summed E-state index contributed by atoms with van der Waals surface area (Å²) in [6, 6.07) is 0. The van der Waals surface area contributed by atoms with Gasteiger partial charge in [0.05, 0.1) is 0 Å². The highest BCUT2D eigenvalue weighted by Crippen LogP contribution is 2.08. The van der Waals surface area contributed by atoms with Gasteiger partial charge in [0.25, 0.3) is 0 Å². The first kappa shape index (κ1) is 11.7. The van der Waals surface area contributed by atoms with Crippen LogP contribution in [0.15, 0.2) is 34.4 Å². The first-order valence-electron chi connectivity index (χ1n) is 4.34. The predicted molar refractivity (Wildman–Crippen MR) is 60.5 cm³/mol. The molecule has 0 N–H and O–H groups in total. The molecule has 0 atom stereocenters. The van der Waals surface area contributed by atoms with Crippen molar-refractivity contribution in [3.05, 3.63) is 34.4 Å². The van der Waals surface area contributed by atoms with E-state index in [1.54, 1.807) is 0 Å². The van der Waals surface area contributed by atoms with E-state index in [1.807, 2.05) is 4.99 Å². The monoisotopic (exact) mass is 228 g/mol. The number of rotatable bonds is 4. The lowest BCUT2D eigenvalue weighted by Crippen LogP contribution is -1.76. The second-order valence-corrected chi connectivity index (χ2v) is 3.26. The van der Waals surface area contributed by atoms with Gasteiger partial charge < -0.3 is 0 Å². The first-order chi connectivity index (χ1) is 5.74. The second-order valence-electron chi connectivity index (χ2n) is 2.80. The molecule has 0 aromatic carbocycles. The van der Waals surface area contributed by atoms with Crippen LogP contribution in [-0.4, -0.2) is 0 Å². The molecule has 0 spiro atoms. The summed E-state index contributed by atoms with van der Waals surface area (Å²) in [7, 11) is 0. The molecule has 0 saturated carbocycles. The lowest BCUT2D eigenvalue weighted by Gasteiger charge is -1.96. The van der Waals surface area contributed by atoms with Gasteiger partial charge in [0.15, 0.2) is 0 Å². The molecule has 0 heterocycles. The molecule has 0 aromatic heterocycles. The quantitative estimate of drug-likeness (QED) is 0.618. The van der Waals surface area contributed by atoms with E-state index in [0.29, 0.717) is 0 Å². The van der Waals surface area contributed by atoms with Gasteiger partial charge in [-0.3, -0.25) is 0 Å². The minimum Gasteiger partial charge on any atom is -0.0844 e. The molecule has 0 nitrogen and oxygen atoms in total. The maximum atomic E-state index is 3.29. The Morgan fingerprint density at radius 2 is 2.00 bits per heavy atom. The third kappa shape index (κ3) is 5.36. The Morgan fingerprint density at radius 1 is 1.33 bits per heavy atom. The van der Waals surface area contributed by atoms with Gasteiger partial charge >= 0.3 is 0 Å². The summed E-state index contributed by atoms with van der Waals surface area (Å²) >= 11 is 3.29. The van der Waals surface area contributed by atoms with Gasteiger partial charge in [-0.25, -0.2) is 0 Å². The lowest BCUT2D eigenvalue weighted by atomic mass is 10.1. The van der Waals surface area contributed by atoms with Crippen molar-refractivity contribution >= 4 is 15.9 Å². The van der Waals surface area contributed by atoms with Crippen LogP contribution < -0.4 is 0 Å². The number of allylic oxidation sites excluding steroid dienone is 5. The maximum absolute atomic E-state index is 3.29. The molecule has 0 amide bonds. The Labute approximate surface area is 84.2 Å². The van der Waals surface area contributed by atoms with Crippen molar-refractivity contribution in [1.82, 2.24) is 0 Å². The number of hydrogen-bond donors (Lipinski definition) is 0. The average molecular weight is 229 g/mol. The fourth-order valence-electron chi connectivity index (χ4n) is 0.887. The Balaban J connectivity index is 4.12. The molecule has 0 aliphatic rings. The summed E-state index contributed by atoms with van der Waals surface area (Å²) < 4.78 is 0. The normalized spacial score (nSPS) is 14.3. The standard InChI is InChI=1S/C11H17Br/c1-4-6-11(5-2)8-7-10(3)9-12/h5,7-9H,4,6H2,1-3H3/b8-7-,10-9+,11-5-. The average Bonchev–Trinajstić information content (AvgIpc) is 2.11. The fourth-order valence-corrected chi connectivity index (χ4v) is 1.04. The Kier molecular flexibility index (Phi) is 7.17. The summed E-state index contributed by atoms with van der Waals surface area (Å²) in [6.45, 7) is 6.36. The minimum absolute atomic E-state index is 1.17. The molecule has 0 aromatic rings. The number of hydrogen-bond acceptors (Lipinski definition) is 0. The van der Waals surface area contributed by atoms with Crippen LogP contribution in [0.5, 0.6) is 0 Å². The van der Waals surface area contributed by atoms with Crippen LogP contribution >= 0.6 is 15.9 Å². The van der Waals surface area contributed by atoms with E-state index in [0.717, 1.165) is 0 Å². The third-order valence-corrected chi connectivity index (χ3v) is 2.36. The number of halogens is 1. The smallest absolute Gasteiger partial charge is 0.0160 e. The zero-order chi connectivity index (χ0) is 9.40. The molecule has 0 saturated heterocycles. The zero-order valence-corrected chi connectivity index (χ0v) is 9.69. The molecule has 0 aliphatic heterocycles. The molecule has 0 rings (SSSR count). The highest BCUT2D eigenvalue weighted by molar-refractivity contribution is 9.11. The summed E-state index contributed by atoms with van der Waals surface area (Å²) in [6.07, 6.45) is 8.85. The van der Waals surface area contributed by atoms with Crippen LogP contribution in [-0.2, 0) is 0 Å². The van der Waals surface area contributed by atoms with Gasteiger partial charge in [0.1, 0.15) is 0 Å². The predicted octanol–water partition coefficient (Wildman–Crippen LogP) is 4.59. The maximum Gasteiger partial charge on any atom is -0.0160 e. The topological polar surface area (TPSA) is 0 Å². The van der Waals surface area contributed by atoms with Gasteiger partial charge in [-0.2, -0.15) is 0 Å². The van der Waals surface area contributed by atoms with Crippen molar-refractivity contribution in [2.75, 3.05) is 0 Å². The summed E-state index contributed by atoms with van der Waals surface area (Å²) in [5, 5.41) is 0. The molecule has 0 radical (unpaired) electrons. The van der Waals surface area contributed by atoms with E-state index in [1.165, 1.54) is 24.0 Å². The first-order valence-corrected chi connectivity index (χ1v) is 5.26. The molecule has 1 heteroatoms. The van der Waals surface area contributed by atoms with E-state index in [2.05, 4.69) is 54.9 Å². The Morgan fingerprint density at radius 3 is 2.42 bits per heavy atom. The Hall–Kier alpha value is -0.300. The molecule has 0 unspecified atom stereocenters. The van der Waals surface area contributed by atoms with Gasteiger partial charge in [-0.15, -0.1) is 0 Å². The van der Waals surface area contributed by atoms with Crippen molar-refractivity contribution < 1.29 is 0 Å².